The van der Waals surface area contributed by atoms with Crippen LogP contribution in [0.1, 0.15) is 55.4 Å². The molecule has 0 aromatic carbocycles. The van der Waals surface area contributed by atoms with Gasteiger partial charge in [0.25, 0.3) is 5.91 Å². The fourth-order valence-electron chi connectivity index (χ4n) is 4.60. The Labute approximate surface area is 146 Å². The lowest BCUT2D eigenvalue weighted by atomic mass is 9.77. The van der Waals surface area contributed by atoms with Crippen LogP contribution in [0.15, 0.2) is 5.38 Å². The maximum absolute atomic E-state index is 13.2. The van der Waals surface area contributed by atoms with Gasteiger partial charge in [0.15, 0.2) is 5.13 Å². The van der Waals surface area contributed by atoms with Crippen LogP contribution in [0.5, 0.6) is 0 Å². The highest BCUT2D eigenvalue weighted by atomic mass is 32.1. The molecule has 1 aromatic heterocycles. The van der Waals surface area contributed by atoms with Crippen LogP contribution in [0.2, 0.25) is 0 Å². The van der Waals surface area contributed by atoms with E-state index in [4.69, 9.17) is 5.73 Å². The summed E-state index contributed by atoms with van der Waals surface area (Å²) in [4.78, 5) is 33.2. The van der Waals surface area contributed by atoms with E-state index < -0.39 is 5.91 Å². The molecule has 1 saturated carbocycles. The summed E-state index contributed by atoms with van der Waals surface area (Å²) in [5.74, 6) is -0.137. The number of piperidine rings is 1. The predicted octanol–water partition coefficient (Wildman–Crippen LogP) is 2.00. The van der Waals surface area contributed by atoms with Gasteiger partial charge in [0.1, 0.15) is 5.69 Å². The zero-order chi connectivity index (χ0) is 16.7. The third kappa shape index (κ3) is 2.59. The average Bonchev–Trinajstić information content (AvgIpc) is 3.30. The second-order valence-corrected chi connectivity index (χ2v) is 8.21. The molecule has 1 atom stereocenters. The summed E-state index contributed by atoms with van der Waals surface area (Å²) in [5.41, 5.74) is 5.37. The number of rotatable bonds is 3. The Bertz CT molecular complexity index is 655. The van der Waals surface area contributed by atoms with Crippen molar-refractivity contribution in [2.45, 2.75) is 51.0 Å². The minimum Gasteiger partial charge on any atom is -0.364 e. The van der Waals surface area contributed by atoms with E-state index in [1.54, 1.807) is 5.38 Å². The van der Waals surface area contributed by atoms with Gasteiger partial charge in [-0.05, 0) is 32.1 Å². The van der Waals surface area contributed by atoms with E-state index in [9.17, 15) is 9.59 Å². The number of hydrogen-bond donors (Lipinski definition) is 1. The van der Waals surface area contributed by atoms with E-state index in [1.807, 2.05) is 0 Å². The van der Waals surface area contributed by atoms with Gasteiger partial charge in [0.2, 0.25) is 5.91 Å². The summed E-state index contributed by atoms with van der Waals surface area (Å²) >= 11 is 1.44. The predicted molar refractivity (Wildman–Crippen MR) is 93.1 cm³/mol. The van der Waals surface area contributed by atoms with Crippen molar-refractivity contribution in [2.75, 3.05) is 24.5 Å². The van der Waals surface area contributed by atoms with Crippen LogP contribution >= 0.6 is 11.3 Å². The molecule has 1 spiro atoms. The van der Waals surface area contributed by atoms with Gasteiger partial charge in [-0.2, -0.15) is 0 Å². The highest BCUT2D eigenvalue weighted by Gasteiger charge is 2.50. The third-order valence-electron chi connectivity index (χ3n) is 5.90. The normalized spacial score (nSPS) is 28.2. The first-order valence-electron chi connectivity index (χ1n) is 8.90. The molecule has 1 aromatic rings. The van der Waals surface area contributed by atoms with Crippen LogP contribution in [0.3, 0.4) is 0 Å². The van der Waals surface area contributed by atoms with Gasteiger partial charge in [-0.15, -0.1) is 11.3 Å². The standard InChI is InChI=1S/C17H24N4O2S/c18-14(22)13-10-24-16(19-13)20-9-7-17(11-20)6-3-8-21(15(17)23)12-4-1-2-5-12/h10,12H,1-9,11H2,(H2,18,22). The zero-order valence-electron chi connectivity index (χ0n) is 13.9. The summed E-state index contributed by atoms with van der Waals surface area (Å²) in [6, 6.07) is 0.463. The summed E-state index contributed by atoms with van der Waals surface area (Å²) < 4.78 is 0. The third-order valence-corrected chi connectivity index (χ3v) is 6.80. The number of nitrogens with two attached hydrogens (primary N) is 1. The highest BCUT2D eigenvalue weighted by molar-refractivity contribution is 7.13. The van der Waals surface area contributed by atoms with Crippen molar-refractivity contribution in [3.8, 4) is 0 Å². The van der Waals surface area contributed by atoms with Crippen LogP contribution in [0.4, 0.5) is 5.13 Å². The minimum atomic E-state index is -0.493. The van der Waals surface area contributed by atoms with E-state index in [2.05, 4.69) is 14.8 Å². The van der Waals surface area contributed by atoms with Crippen LogP contribution in [0, 0.1) is 5.41 Å². The topological polar surface area (TPSA) is 79.5 Å². The fraction of sp³-hybridized carbons (Fsp3) is 0.706. The lowest BCUT2D eigenvalue weighted by Gasteiger charge is -2.42. The SMILES string of the molecule is NC(=O)c1csc(N2CCC3(CCCN(C4CCCC4)C3=O)C2)n1. The second kappa shape index (κ2) is 6.02. The molecule has 6 nitrogen and oxygen atoms in total. The van der Waals surface area contributed by atoms with Gasteiger partial charge in [-0.1, -0.05) is 12.8 Å². The van der Waals surface area contributed by atoms with Crippen LogP contribution < -0.4 is 10.6 Å². The molecule has 24 heavy (non-hydrogen) atoms. The molecule has 1 unspecified atom stereocenters. The average molecular weight is 348 g/mol. The van der Waals surface area contributed by atoms with Crippen molar-refractivity contribution in [3.63, 3.8) is 0 Å². The number of nitrogens with zero attached hydrogens (tertiary/aromatic N) is 3. The first-order valence-corrected chi connectivity index (χ1v) is 9.78. The Kier molecular flexibility index (Phi) is 3.98. The molecule has 2 aliphatic heterocycles. The maximum Gasteiger partial charge on any atom is 0.268 e. The van der Waals surface area contributed by atoms with Crippen molar-refractivity contribution >= 4 is 28.3 Å². The van der Waals surface area contributed by atoms with Gasteiger partial charge in [-0.25, -0.2) is 4.98 Å². The fourth-order valence-corrected chi connectivity index (χ4v) is 5.44. The summed E-state index contributed by atoms with van der Waals surface area (Å²) in [7, 11) is 0. The molecule has 2 N–H and O–H groups in total. The minimum absolute atomic E-state index is 0.251. The Morgan fingerprint density at radius 3 is 2.75 bits per heavy atom. The van der Waals surface area contributed by atoms with E-state index in [0.717, 1.165) is 44.0 Å². The molecule has 1 aliphatic carbocycles. The first-order chi connectivity index (χ1) is 11.6. The molecule has 130 valence electrons. The molecular formula is C17H24N4O2S. The smallest absolute Gasteiger partial charge is 0.268 e. The van der Waals surface area contributed by atoms with E-state index >= 15 is 0 Å². The van der Waals surface area contributed by atoms with Crippen LogP contribution in [-0.2, 0) is 4.79 Å². The largest absolute Gasteiger partial charge is 0.364 e. The number of likely N-dealkylation sites (tertiary alicyclic amines) is 1. The lowest BCUT2D eigenvalue weighted by Crippen LogP contribution is -2.53. The maximum atomic E-state index is 13.2. The molecule has 2 saturated heterocycles. The molecule has 3 heterocycles. The van der Waals surface area contributed by atoms with Gasteiger partial charge < -0.3 is 15.5 Å². The molecule has 3 fully saturated rings. The number of primary amides is 1. The summed E-state index contributed by atoms with van der Waals surface area (Å²) in [5, 5.41) is 2.52. The molecule has 4 rings (SSSR count). The molecular weight excluding hydrogens is 324 g/mol. The van der Waals surface area contributed by atoms with Crippen LogP contribution in [-0.4, -0.2) is 47.4 Å². The number of carbonyl (C=O) groups excluding carboxylic acids is 2. The van der Waals surface area contributed by atoms with Gasteiger partial charge in [0.05, 0.1) is 5.41 Å². The Balaban J connectivity index is 1.51. The summed E-state index contributed by atoms with van der Waals surface area (Å²) in [6.45, 7) is 2.48. The highest BCUT2D eigenvalue weighted by Crippen LogP contribution is 2.43. The van der Waals surface area contributed by atoms with Gasteiger partial charge in [0, 0.05) is 31.1 Å². The van der Waals surface area contributed by atoms with Crippen molar-refractivity contribution in [1.82, 2.24) is 9.88 Å². The van der Waals surface area contributed by atoms with E-state index in [1.165, 1.54) is 37.0 Å². The number of anilines is 1. The number of carbonyl (C=O) groups is 2. The van der Waals surface area contributed by atoms with E-state index in [0.29, 0.717) is 17.6 Å². The molecule has 0 radical (unpaired) electrons. The number of hydrogen-bond acceptors (Lipinski definition) is 5. The van der Waals surface area contributed by atoms with Gasteiger partial charge in [-0.3, -0.25) is 9.59 Å². The first kappa shape index (κ1) is 15.9. The van der Waals surface area contributed by atoms with Crippen molar-refractivity contribution in [1.29, 1.82) is 0 Å². The molecule has 3 aliphatic rings. The number of thiazole rings is 1. The van der Waals surface area contributed by atoms with Gasteiger partial charge >= 0.3 is 0 Å². The zero-order valence-corrected chi connectivity index (χ0v) is 14.7. The lowest BCUT2D eigenvalue weighted by molar-refractivity contribution is -0.147. The molecule has 0 bridgehead atoms. The Hall–Kier alpha value is -1.63. The van der Waals surface area contributed by atoms with Crippen LogP contribution in [0.25, 0.3) is 0 Å². The Morgan fingerprint density at radius 2 is 2.04 bits per heavy atom. The van der Waals surface area contributed by atoms with Crippen molar-refractivity contribution in [3.05, 3.63) is 11.1 Å². The number of amides is 2. The van der Waals surface area contributed by atoms with E-state index in [-0.39, 0.29) is 5.41 Å². The molecule has 7 heteroatoms. The quantitative estimate of drug-likeness (QED) is 0.906. The number of aromatic nitrogens is 1. The van der Waals surface area contributed by atoms with Crippen molar-refractivity contribution in [2.24, 2.45) is 11.1 Å². The summed E-state index contributed by atoms with van der Waals surface area (Å²) in [6.07, 6.45) is 7.80. The monoisotopic (exact) mass is 348 g/mol. The Morgan fingerprint density at radius 1 is 1.25 bits per heavy atom. The van der Waals surface area contributed by atoms with Crippen molar-refractivity contribution < 1.29 is 9.59 Å². The molecule has 2 amide bonds. The second-order valence-electron chi connectivity index (χ2n) is 7.37.